The predicted molar refractivity (Wildman–Crippen MR) is 108 cm³/mol. The summed E-state index contributed by atoms with van der Waals surface area (Å²) >= 11 is 0. The van der Waals surface area contributed by atoms with Gasteiger partial charge in [0.1, 0.15) is 12.3 Å². The van der Waals surface area contributed by atoms with Crippen LogP contribution in [0.25, 0.3) is 0 Å². The molecule has 0 aromatic heterocycles. The van der Waals surface area contributed by atoms with Crippen molar-refractivity contribution in [2.24, 2.45) is 4.99 Å². The Bertz CT molecular complexity index is 608. The summed E-state index contributed by atoms with van der Waals surface area (Å²) in [4.78, 5) is 16.4. The molecule has 8 heteroatoms. The van der Waals surface area contributed by atoms with E-state index in [1.165, 1.54) is 12.1 Å². The Hall–Kier alpha value is -1.55. The highest BCUT2D eigenvalue weighted by Crippen LogP contribution is 2.34. The van der Waals surface area contributed by atoms with E-state index in [2.05, 4.69) is 20.9 Å². The number of carbonyl (C=O) groups is 1. The standard InChI is InChI=1S/C17H24N4O3.HI/c1-2-18-17(21-14-9-13-7-8-15(14)24-13)19-10-16(23)20-11-3-5-12(22)6-4-11;/h3-6,13-15,22H,2,7-10H2,1H3,(H,20,23)(H2,18,19,21);1H. The summed E-state index contributed by atoms with van der Waals surface area (Å²) in [6.07, 6.45) is 3.85. The number of halogens is 1. The molecule has 138 valence electrons. The second-order valence-electron chi connectivity index (χ2n) is 6.15. The Morgan fingerprint density at radius 3 is 2.68 bits per heavy atom. The number of guanidine groups is 1. The lowest BCUT2D eigenvalue weighted by Gasteiger charge is -2.22. The maximum atomic E-state index is 12.0. The number of nitrogens with one attached hydrogen (secondary N) is 3. The van der Waals surface area contributed by atoms with Gasteiger partial charge in [-0.1, -0.05) is 0 Å². The van der Waals surface area contributed by atoms with Gasteiger partial charge in [-0.25, -0.2) is 4.99 Å². The summed E-state index contributed by atoms with van der Waals surface area (Å²) in [5.74, 6) is 0.597. The van der Waals surface area contributed by atoms with Crippen molar-refractivity contribution in [3.63, 3.8) is 0 Å². The van der Waals surface area contributed by atoms with Crippen LogP contribution in [0.4, 0.5) is 5.69 Å². The summed E-state index contributed by atoms with van der Waals surface area (Å²) in [5, 5.41) is 18.5. The zero-order valence-corrected chi connectivity index (χ0v) is 16.5. The summed E-state index contributed by atoms with van der Waals surface area (Å²) in [7, 11) is 0. The van der Waals surface area contributed by atoms with Gasteiger partial charge in [-0.15, -0.1) is 24.0 Å². The van der Waals surface area contributed by atoms with Gasteiger partial charge in [0, 0.05) is 12.2 Å². The summed E-state index contributed by atoms with van der Waals surface area (Å²) in [6.45, 7) is 2.75. The zero-order chi connectivity index (χ0) is 16.9. The average molecular weight is 460 g/mol. The van der Waals surface area contributed by atoms with Crippen LogP contribution < -0.4 is 16.0 Å². The van der Waals surface area contributed by atoms with Crippen LogP contribution in [-0.2, 0) is 9.53 Å². The number of amides is 1. The second-order valence-corrected chi connectivity index (χ2v) is 6.15. The smallest absolute Gasteiger partial charge is 0.246 e. The summed E-state index contributed by atoms with van der Waals surface area (Å²) in [5.41, 5.74) is 0.632. The normalized spacial score (nSPS) is 24.5. The average Bonchev–Trinajstić information content (AvgIpc) is 3.18. The molecule has 1 aromatic carbocycles. The summed E-state index contributed by atoms with van der Waals surface area (Å²) < 4.78 is 5.83. The van der Waals surface area contributed by atoms with Crippen LogP contribution in [-0.4, -0.2) is 48.3 Å². The second kappa shape index (κ2) is 9.23. The van der Waals surface area contributed by atoms with Gasteiger partial charge >= 0.3 is 0 Å². The van der Waals surface area contributed by atoms with Crippen LogP contribution in [0.5, 0.6) is 5.75 Å². The number of phenolic OH excluding ortho intramolecular Hbond substituents is 1. The van der Waals surface area contributed by atoms with E-state index in [-0.39, 0.29) is 54.3 Å². The third kappa shape index (κ3) is 5.46. The zero-order valence-electron chi connectivity index (χ0n) is 14.2. The van der Waals surface area contributed by atoms with Crippen LogP contribution in [0.3, 0.4) is 0 Å². The van der Waals surface area contributed by atoms with Gasteiger partial charge in [0.25, 0.3) is 0 Å². The fourth-order valence-electron chi connectivity index (χ4n) is 3.18. The molecule has 0 spiro atoms. The van der Waals surface area contributed by atoms with E-state index >= 15 is 0 Å². The Kier molecular flexibility index (Phi) is 7.30. The molecule has 2 bridgehead atoms. The lowest BCUT2D eigenvalue weighted by atomic mass is 9.96. The van der Waals surface area contributed by atoms with Crippen molar-refractivity contribution in [2.75, 3.05) is 18.4 Å². The van der Waals surface area contributed by atoms with E-state index < -0.39 is 0 Å². The van der Waals surface area contributed by atoms with Gasteiger partial charge in [0.2, 0.25) is 5.91 Å². The van der Waals surface area contributed by atoms with Crippen LogP contribution in [0.2, 0.25) is 0 Å². The molecule has 3 atom stereocenters. The lowest BCUT2D eigenvalue weighted by molar-refractivity contribution is -0.114. The van der Waals surface area contributed by atoms with Crippen molar-refractivity contribution in [3.8, 4) is 5.75 Å². The Morgan fingerprint density at radius 1 is 1.32 bits per heavy atom. The first-order valence-corrected chi connectivity index (χ1v) is 8.43. The van der Waals surface area contributed by atoms with E-state index in [1.54, 1.807) is 12.1 Å². The maximum Gasteiger partial charge on any atom is 0.246 e. The number of ether oxygens (including phenoxy) is 1. The number of carbonyl (C=O) groups excluding carboxylic acids is 1. The minimum Gasteiger partial charge on any atom is -0.508 e. The van der Waals surface area contributed by atoms with E-state index in [0.29, 0.717) is 17.8 Å². The van der Waals surface area contributed by atoms with E-state index in [9.17, 15) is 9.90 Å². The third-order valence-corrected chi connectivity index (χ3v) is 4.30. The number of hydrogen-bond donors (Lipinski definition) is 4. The van der Waals surface area contributed by atoms with Crippen molar-refractivity contribution in [1.82, 2.24) is 10.6 Å². The first kappa shape index (κ1) is 19.8. The molecule has 25 heavy (non-hydrogen) atoms. The number of hydrogen-bond acceptors (Lipinski definition) is 4. The molecule has 7 nitrogen and oxygen atoms in total. The number of aromatic hydroxyl groups is 1. The van der Waals surface area contributed by atoms with Crippen molar-refractivity contribution < 1.29 is 14.6 Å². The molecule has 2 saturated heterocycles. The van der Waals surface area contributed by atoms with E-state index in [1.807, 2.05) is 6.92 Å². The van der Waals surface area contributed by atoms with Crippen molar-refractivity contribution in [3.05, 3.63) is 24.3 Å². The number of fused-ring (bicyclic) bond motifs is 2. The van der Waals surface area contributed by atoms with E-state index in [4.69, 9.17) is 4.74 Å². The van der Waals surface area contributed by atoms with Crippen molar-refractivity contribution >= 4 is 41.5 Å². The van der Waals surface area contributed by atoms with Crippen LogP contribution >= 0.6 is 24.0 Å². The topological polar surface area (TPSA) is 95.0 Å². The van der Waals surface area contributed by atoms with Crippen LogP contribution in [0.1, 0.15) is 26.2 Å². The highest BCUT2D eigenvalue weighted by molar-refractivity contribution is 14.0. The maximum absolute atomic E-state index is 12.0. The molecule has 3 rings (SSSR count). The third-order valence-electron chi connectivity index (χ3n) is 4.30. The molecule has 0 radical (unpaired) electrons. The molecule has 3 unspecified atom stereocenters. The molecule has 2 heterocycles. The highest BCUT2D eigenvalue weighted by atomic mass is 127. The molecule has 2 fully saturated rings. The first-order valence-electron chi connectivity index (χ1n) is 8.43. The van der Waals surface area contributed by atoms with Gasteiger partial charge in [-0.3, -0.25) is 4.79 Å². The van der Waals surface area contributed by atoms with Gasteiger partial charge in [-0.2, -0.15) is 0 Å². The molecule has 2 aliphatic rings. The predicted octanol–water partition coefficient (Wildman–Crippen LogP) is 1.82. The van der Waals surface area contributed by atoms with Crippen LogP contribution in [0, 0.1) is 0 Å². The Morgan fingerprint density at radius 2 is 2.08 bits per heavy atom. The molecule has 0 saturated carbocycles. The fourth-order valence-corrected chi connectivity index (χ4v) is 3.18. The minimum atomic E-state index is -0.206. The lowest BCUT2D eigenvalue weighted by Crippen LogP contribution is -2.47. The quantitative estimate of drug-likeness (QED) is 0.233. The Labute approximate surface area is 164 Å². The SMILES string of the molecule is CCNC(=NCC(=O)Nc1ccc(O)cc1)NC1CC2CCC1O2.I. The molecule has 4 N–H and O–H groups in total. The number of phenols is 1. The number of rotatable bonds is 5. The van der Waals surface area contributed by atoms with Crippen molar-refractivity contribution in [1.29, 1.82) is 0 Å². The van der Waals surface area contributed by atoms with Gasteiger partial charge in [0.15, 0.2) is 5.96 Å². The molecule has 0 aliphatic carbocycles. The largest absolute Gasteiger partial charge is 0.508 e. The monoisotopic (exact) mass is 460 g/mol. The van der Waals surface area contributed by atoms with Crippen molar-refractivity contribution in [2.45, 2.75) is 44.4 Å². The molecule has 1 amide bonds. The number of benzene rings is 1. The molecule has 1 aromatic rings. The van der Waals surface area contributed by atoms with Crippen LogP contribution in [0.15, 0.2) is 29.3 Å². The highest BCUT2D eigenvalue weighted by Gasteiger charge is 2.41. The number of nitrogens with zero attached hydrogens (tertiary/aromatic N) is 1. The fraction of sp³-hybridized carbons (Fsp3) is 0.529. The summed E-state index contributed by atoms with van der Waals surface area (Å²) in [6, 6.07) is 6.61. The number of aliphatic imine (C=N–C) groups is 1. The first-order chi connectivity index (χ1) is 11.6. The molecule has 2 aliphatic heterocycles. The molecular formula is C17H25IN4O3. The van der Waals surface area contributed by atoms with Gasteiger partial charge in [-0.05, 0) is 50.5 Å². The minimum absolute atomic E-state index is 0. The number of anilines is 1. The van der Waals surface area contributed by atoms with Gasteiger partial charge < -0.3 is 25.8 Å². The Balaban J connectivity index is 0.00000225. The van der Waals surface area contributed by atoms with Gasteiger partial charge in [0.05, 0.1) is 18.2 Å². The van der Waals surface area contributed by atoms with E-state index in [0.717, 1.165) is 25.8 Å². The molecular weight excluding hydrogens is 435 g/mol.